The number of thiazole rings is 2. The molecule has 0 saturated carbocycles. The number of nitrogens with zero attached hydrogens (tertiary/aromatic N) is 4. The zero-order chi connectivity index (χ0) is 41.4. The number of ether oxygens (including phenoxy) is 3. The number of nitrogens with one attached hydrogen (secondary N) is 3. The molecule has 4 aliphatic rings. The van der Waals surface area contributed by atoms with Crippen LogP contribution >= 0.6 is 22.7 Å². The van der Waals surface area contributed by atoms with E-state index in [1.807, 2.05) is 45.0 Å². The predicted molar refractivity (Wildman–Crippen MR) is 230 cm³/mol. The van der Waals surface area contributed by atoms with Gasteiger partial charge in [0, 0.05) is 72.2 Å². The van der Waals surface area contributed by atoms with Gasteiger partial charge in [0.1, 0.15) is 5.60 Å². The summed E-state index contributed by atoms with van der Waals surface area (Å²) < 4.78 is 16.2. The fourth-order valence-electron chi connectivity index (χ4n) is 7.82. The van der Waals surface area contributed by atoms with E-state index in [9.17, 15) is 14.4 Å². The number of fused-ring (bicyclic) bond motifs is 2. The molecule has 8 rings (SSSR count). The van der Waals surface area contributed by atoms with Crippen molar-refractivity contribution in [2.45, 2.75) is 90.1 Å². The number of amides is 3. The van der Waals surface area contributed by atoms with E-state index in [4.69, 9.17) is 19.9 Å². The fourth-order valence-corrected chi connectivity index (χ4v) is 9.97. The van der Waals surface area contributed by atoms with Gasteiger partial charge in [-0.05, 0) is 94.7 Å². The van der Waals surface area contributed by atoms with Crippen molar-refractivity contribution in [2.75, 3.05) is 63.2 Å². The molecule has 2 fully saturated rings. The van der Waals surface area contributed by atoms with Crippen LogP contribution in [-0.4, -0.2) is 108 Å². The average molecular weight is 845 g/mol. The Morgan fingerprint density at radius 3 is 1.71 bits per heavy atom. The number of nitrogens with two attached hydrogens (primary N) is 1. The van der Waals surface area contributed by atoms with Gasteiger partial charge in [0.05, 0.1) is 37.8 Å². The first kappa shape index (κ1) is 42.8. The summed E-state index contributed by atoms with van der Waals surface area (Å²) >= 11 is 3.19. The lowest BCUT2D eigenvalue weighted by Gasteiger charge is -2.36. The number of carbonyl (C=O) groups excluding carboxylic acids is 3. The summed E-state index contributed by atoms with van der Waals surface area (Å²) in [5.74, 6) is -0.332. The molecule has 2 aliphatic heterocycles. The van der Waals surface area contributed by atoms with Gasteiger partial charge in [-0.15, -0.1) is 22.7 Å². The minimum Gasteiger partial charge on any atom is -0.444 e. The summed E-state index contributed by atoms with van der Waals surface area (Å²) in [6, 6.07) is 15.7. The summed E-state index contributed by atoms with van der Waals surface area (Å²) in [6.07, 6.45) is 5.66. The first-order chi connectivity index (χ1) is 28.5. The van der Waals surface area contributed by atoms with Gasteiger partial charge in [0.2, 0.25) is 0 Å². The Morgan fingerprint density at radius 1 is 0.763 bits per heavy atom. The molecule has 316 valence electrons. The Kier molecular flexibility index (Phi) is 14.4. The molecule has 14 nitrogen and oxygen atoms in total. The highest BCUT2D eigenvalue weighted by molar-refractivity contribution is 7.16. The molecule has 3 amide bonds. The summed E-state index contributed by atoms with van der Waals surface area (Å²) in [7, 11) is 0. The van der Waals surface area contributed by atoms with Crippen molar-refractivity contribution in [3.8, 4) is 0 Å². The molecule has 2 aromatic heterocycles. The maximum Gasteiger partial charge on any atom is 0.407 e. The van der Waals surface area contributed by atoms with Gasteiger partial charge < -0.3 is 25.3 Å². The molecule has 5 N–H and O–H groups in total. The second kappa shape index (κ2) is 19.8. The van der Waals surface area contributed by atoms with Gasteiger partial charge in [0.15, 0.2) is 10.3 Å². The maximum atomic E-state index is 12.8. The molecule has 16 heteroatoms. The number of aryl methyl sites for hydroxylation is 2. The van der Waals surface area contributed by atoms with E-state index < -0.39 is 11.7 Å². The van der Waals surface area contributed by atoms with Gasteiger partial charge in [-0.3, -0.25) is 30.0 Å². The highest BCUT2D eigenvalue weighted by Gasteiger charge is 2.30. The van der Waals surface area contributed by atoms with E-state index in [2.05, 4.69) is 35.7 Å². The van der Waals surface area contributed by atoms with Gasteiger partial charge >= 0.3 is 6.09 Å². The number of aromatic nitrogens is 2. The van der Waals surface area contributed by atoms with Crippen molar-refractivity contribution in [3.63, 3.8) is 0 Å². The SMILES string of the molecule is CC(C)(C)OC(=O)NCc1cccc(C(=O)Nc2nc3c(s2)C[C@@H](N2CCOCC2)CC3)c1.NCc1cccc(C(=O)Nc2nc3c(s2)C[C@@H](N2CCOCC2)CC3)c1. The Balaban J connectivity index is 0.000000184. The second-order valence-corrected chi connectivity index (χ2v) is 18.4. The monoisotopic (exact) mass is 844 g/mol. The van der Waals surface area contributed by atoms with Crippen molar-refractivity contribution in [3.05, 3.63) is 91.9 Å². The number of hydrogen-bond acceptors (Lipinski definition) is 13. The van der Waals surface area contributed by atoms with Crippen LogP contribution in [-0.2, 0) is 53.0 Å². The third-order valence-electron chi connectivity index (χ3n) is 10.8. The summed E-state index contributed by atoms with van der Waals surface area (Å²) in [5, 5.41) is 9.97. The first-order valence-corrected chi connectivity index (χ1v) is 22.2. The number of carbonyl (C=O) groups is 3. The predicted octanol–water partition coefficient (Wildman–Crippen LogP) is 5.65. The Bertz CT molecular complexity index is 2070. The molecule has 0 unspecified atom stereocenters. The quantitative estimate of drug-likeness (QED) is 0.164. The van der Waals surface area contributed by atoms with Crippen LogP contribution in [0.1, 0.15) is 86.6 Å². The highest BCUT2D eigenvalue weighted by atomic mass is 32.1. The van der Waals surface area contributed by atoms with Gasteiger partial charge in [-0.2, -0.15) is 0 Å². The van der Waals surface area contributed by atoms with Crippen LogP contribution in [0, 0.1) is 0 Å². The highest BCUT2D eigenvalue weighted by Crippen LogP contribution is 2.33. The van der Waals surface area contributed by atoms with E-state index in [1.54, 1.807) is 46.9 Å². The topological polar surface area (TPSA) is 173 Å². The number of hydrogen-bond donors (Lipinski definition) is 4. The van der Waals surface area contributed by atoms with Crippen molar-refractivity contribution in [1.29, 1.82) is 0 Å². The van der Waals surface area contributed by atoms with Crippen LogP contribution in [0.4, 0.5) is 15.1 Å². The molecule has 4 aromatic rings. The molecule has 0 bridgehead atoms. The standard InChI is InChI=1S/C24H32N4O4S.C19H24N4O2S/c1-24(2,3)32-23(30)25-15-16-5-4-6-17(13-16)21(29)27-22-26-19-8-7-18(14-20(19)33-22)28-9-11-31-12-10-28;20-12-13-2-1-3-14(10-13)18(24)22-19-21-16-5-4-15(11-17(16)26-19)23-6-8-25-9-7-23/h4-6,13,18H,7-12,14-15H2,1-3H3,(H,25,30)(H,26,27,29);1-3,10,15H,4-9,11-12,20H2,(H,21,22,24)/t18-;15-/m00/s1. The van der Waals surface area contributed by atoms with E-state index in [0.29, 0.717) is 40.0 Å². The minimum atomic E-state index is -0.555. The van der Waals surface area contributed by atoms with E-state index in [-0.39, 0.29) is 18.4 Å². The third-order valence-corrected chi connectivity index (χ3v) is 12.9. The normalized spacial score (nSPS) is 19.7. The maximum absolute atomic E-state index is 12.8. The zero-order valence-electron chi connectivity index (χ0n) is 34.2. The lowest BCUT2D eigenvalue weighted by atomic mass is 9.96. The van der Waals surface area contributed by atoms with Crippen molar-refractivity contribution in [2.24, 2.45) is 5.73 Å². The molecule has 59 heavy (non-hydrogen) atoms. The lowest BCUT2D eigenvalue weighted by molar-refractivity contribution is 0.0138. The van der Waals surface area contributed by atoms with E-state index >= 15 is 0 Å². The zero-order valence-corrected chi connectivity index (χ0v) is 35.9. The molecule has 2 atom stereocenters. The smallest absolute Gasteiger partial charge is 0.407 e. The van der Waals surface area contributed by atoms with Crippen LogP contribution in [0.2, 0.25) is 0 Å². The molecule has 2 aromatic carbocycles. The number of morpholine rings is 2. The molecule has 4 heterocycles. The summed E-state index contributed by atoms with van der Waals surface area (Å²) in [4.78, 5) is 54.2. The first-order valence-electron chi connectivity index (χ1n) is 20.6. The molecule has 0 spiro atoms. The van der Waals surface area contributed by atoms with Crippen molar-refractivity contribution < 1.29 is 28.6 Å². The molecule has 2 saturated heterocycles. The Labute approximate surface area is 354 Å². The third kappa shape index (κ3) is 11.9. The largest absolute Gasteiger partial charge is 0.444 e. The number of anilines is 2. The average Bonchev–Trinajstić information content (AvgIpc) is 3.85. The van der Waals surface area contributed by atoms with Crippen LogP contribution in [0.15, 0.2) is 48.5 Å². The number of alkyl carbamates (subject to hydrolysis) is 1. The number of benzene rings is 2. The van der Waals surface area contributed by atoms with Gasteiger partial charge in [-0.1, -0.05) is 24.3 Å². The van der Waals surface area contributed by atoms with Crippen LogP contribution in [0.25, 0.3) is 0 Å². The van der Waals surface area contributed by atoms with E-state index in [0.717, 1.165) is 114 Å². The van der Waals surface area contributed by atoms with E-state index in [1.165, 1.54) is 9.75 Å². The summed E-state index contributed by atoms with van der Waals surface area (Å²) in [6.45, 7) is 13.4. The molecule has 2 aliphatic carbocycles. The minimum absolute atomic E-state index is 0.129. The molecular weight excluding hydrogens is 789 g/mol. The van der Waals surface area contributed by atoms with Crippen LogP contribution < -0.4 is 21.7 Å². The van der Waals surface area contributed by atoms with Gasteiger partial charge in [0.25, 0.3) is 11.8 Å². The van der Waals surface area contributed by atoms with Crippen LogP contribution in [0.3, 0.4) is 0 Å². The Morgan fingerprint density at radius 2 is 1.24 bits per heavy atom. The van der Waals surface area contributed by atoms with Crippen molar-refractivity contribution in [1.82, 2.24) is 25.1 Å². The summed E-state index contributed by atoms with van der Waals surface area (Å²) in [5.41, 5.74) is 10.3. The molecule has 0 radical (unpaired) electrons. The molecular formula is C43H56N8O6S2. The lowest BCUT2D eigenvalue weighted by Crippen LogP contribution is -2.45. The Hall–Kier alpha value is -4.29. The van der Waals surface area contributed by atoms with Crippen molar-refractivity contribution >= 4 is 50.8 Å². The fraction of sp³-hybridized carbons (Fsp3) is 0.512. The number of rotatable bonds is 9. The van der Waals surface area contributed by atoms with Gasteiger partial charge in [-0.25, -0.2) is 14.8 Å². The second-order valence-electron chi connectivity index (χ2n) is 16.2. The van der Waals surface area contributed by atoms with Crippen LogP contribution in [0.5, 0.6) is 0 Å².